The third kappa shape index (κ3) is 3.80. The van der Waals surface area contributed by atoms with Crippen LogP contribution in [0.4, 0.5) is 5.82 Å². The number of halogens is 1. The molecule has 0 spiro atoms. The Hall–Kier alpha value is -2.40. The molecule has 2 rings (SSSR count). The molecule has 1 aromatic carbocycles. The second kappa shape index (κ2) is 6.16. The fraction of sp³-hybridized carbons (Fsp3) is 0.0714. The Morgan fingerprint density at radius 3 is 2.65 bits per heavy atom. The van der Waals surface area contributed by atoms with E-state index in [1.807, 2.05) is 0 Å². The minimum Gasteiger partial charge on any atom is -0.364 e. The number of carbonyl (C=O) groups is 2. The molecular formula is C14H12ClN3O2. The van der Waals surface area contributed by atoms with E-state index in [0.717, 1.165) is 5.56 Å². The van der Waals surface area contributed by atoms with Gasteiger partial charge in [-0.05, 0) is 29.8 Å². The second-order valence-electron chi connectivity index (χ2n) is 4.13. The molecule has 0 fully saturated rings. The van der Waals surface area contributed by atoms with Crippen LogP contribution < -0.4 is 11.1 Å². The lowest BCUT2D eigenvalue weighted by Crippen LogP contribution is -2.18. The molecule has 1 aromatic heterocycles. The van der Waals surface area contributed by atoms with Gasteiger partial charge in [0.2, 0.25) is 5.91 Å². The SMILES string of the molecule is NC(=O)c1cccc(NC(=O)Cc2cccc(Cl)c2)n1. The maximum absolute atomic E-state index is 11.9. The maximum atomic E-state index is 11.9. The first-order valence-electron chi connectivity index (χ1n) is 5.86. The molecule has 2 amide bonds. The zero-order chi connectivity index (χ0) is 14.5. The number of nitrogens with two attached hydrogens (primary N) is 1. The molecule has 0 aliphatic rings. The molecular weight excluding hydrogens is 278 g/mol. The quantitative estimate of drug-likeness (QED) is 0.903. The van der Waals surface area contributed by atoms with Gasteiger partial charge in [-0.3, -0.25) is 9.59 Å². The molecule has 0 aliphatic carbocycles. The number of aromatic nitrogens is 1. The van der Waals surface area contributed by atoms with Crippen LogP contribution >= 0.6 is 11.6 Å². The van der Waals surface area contributed by atoms with Gasteiger partial charge in [0.25, 0.3) is 5.91 Å². The van der Waals surface area contributed by atoms with Crippen LogP contribution in [0.25, 0.3) is 0 Å². The van der Waals surface area contributed by atoms with E-state index in [2.05, 4.69) is 10.3 Å². The molecule has 1 heterocycles. The van der Waals surface area contributed by atoms with Gasteiger partial charge in [-0.15, -0.1) is 0 Å². The summed E-state index contributed by atoms with van der Waals surface area (Å²) >= 11 is 5.85. The van der Waals surface area contributed by atoms with Gasteiger partial charge in [0.05, 0.1) is 6.42 Å². The lowest BCUT2D eigenvalue weighted by atomic mass is 10.1. The van der Waals surface area contributed by atoms with Gasteiger partial charge in [0.1, 0.15) is 11.5 Å². The molecule has 3 N–H and O–H groups in total. The average molecular weight is 290 g/mol. The largest absolute Gasteiger partial charge is 0.364 e. The Morgan fingerprint density at radius 2 is 1.95 bits per heavy atom. The molecule has 0 aliphatic heterocycles. The molecule has 102 valence electrons. The predicted molar refractivity (Wildman–Crippen MR) is 76.5 cm³/mol. The number of hydrogen-bond acceptors (Lipinski definition) is 3. The van der Waals surface area contributed by atoms with Crippen LogP contribution in [0.3, 0.4) is 0 Å². The minimum atomic E-state index is -0.643. The smallest absolute Gasteiger partial charge is 0.267 e. The summed E-state index contributed by atoms with van der Waals surface area (Å²) in [4.78, 5) is 26.8. The van der Waals surface area contributed by atoms with E-state index in [4.69, 9.17) is 17.3 Å². The van der Waals surface area contributed by atoms with Crippen LogP contribution in [0.1, 0.15) is 16.1 Å². The summed E-state index contributed by atoms with van der Waals surface area (Å²) in [5.41, 5.74) is 6.02. The summed E-state index contributed by atoms with van der Waals surface area (Å²) in [7, 11) is 0. The standard InChI is InChI=1S/C14H12ClN3O2/c15-10-4-1-3-9(7-10)8-13(19)18-12-6-2-5-11(17-12)14(16)20/h1-7H,8H2,(H2,16,20)(H,17,18,19). The van der Waals surface area contributed by atoms with Gasteiger partial charge in [-0.25, -0.2) is 4.98 Å². The van der Waals surface area contributed by atoms with Gasteiger partial charge in [-0.2, -0.15) is 0 Å². The fourth-order valence-corrected chi connectivity index (χ4v) is 1.87. The van der Waals surface area contributed by atoms with Crippen molar-refractivity contribution in [2.45, 2.75) is 6.42 Å². The summed E-state index contributed by atoms with van der Waals surface area (Å²) in [6, 6.07) is 11.7. The Bertz CT molecular complexity index is 658. The number of amides is 2. The van der Waals surface area contributed by atoms with E-state index in [0.29, 0.717) is 5.02 Å². The average Bonchev–Trinajstić information content (AvgIpc) is 2.38. The lowest BCUT2D eigenvalue weighted by Gasteiger charge is -2.05. The Balaban J connectivity index is 2.04. The summed E-state index contributed by atoms with van der Waals surface area (Å²) in [6.45, 7) is 0. The third-order valence-corrected chi connectivity index (χ3v) is 2.76. The van der Waals surface area contributed by atoms with Crippen molar-refractivity contribution in [2.75, 3.05) is 5.32 Å². The van der Waals surface area contributed by atoms with Crippen LogP contribution in [0, 0.1) is 0 Å². The number of benzene rings is 1. The highest BCUT2D eigenvalue weighted by Gasteiger charge is 2.07. The molecule has 20 heavy (non-hydrogen) atoms. The lowest BCUT2D eigenvalue weighted by molar-refractivity contribution is -0.115. The van der Waals surface area contributed by atoms with Crippen LogP contribution in [-0.4, -0.2) is 16.8 Å². The van der Waals surface area contributed by atoms with Crippen molar-refractivity contribution in [3.63, 3.8) is 0 Å². The van der Waals surface area contributed by atoms with E-state index >= 15 is 0 Å². The highest BCUT2D eigenvalue weighted by Crippen LogP contribution is 2.12. The number of primary amides is 1. The number of rotatable bonds is 4. The van der Waals surface area contributed by atoms with E-state index in [9.17, 15) is 9.59 Å². The molecule has 0 atom stereocenters. The minimum absolute atomic E-state index is 0.102. The predicted octanol–water partition coefficient (Wildman–Crippen LogP) is 2.02. The Morgan fingerprint density at radius 1 is 1.20 bits per heavy atom. The van der Waals surface area contributed by atoms with Gasteiger partial charge < -0.3 is 11.1 Å². The summed E-state index contributed by atoms with van der Waals surface area (Å²) in [5, 5.41) is 3.18. The van der Waals surface area contributed by atoms with Gasteiger partial charge in [0, 0.05) is 5.02 Å². The van der Waals surface area contributed by atoms with Crippen LogP contribution in [0.5, 0.6) is 0 Å². The molecule has 0 bridgehead atoms. The van der Waals surface area contributed by atoms with Crippen molar-refractivity contribution in [1.82, 2.24) is 4.98 Å². The fourth-order valence-electron chi connectivity index (χ4n) is 1.66. The first-order valence-corrected chi connectivity index (χ1v) is 6.23. The van der Waals surface area contributed by atoms with Crippen molar-refractivity contribution in [1.29, 1.82) is 0 Å². The van der Waals surface area contributed by atoms with Crippen molar-refractivity contribution in [3.8, 4) is 0 Å². The molecule has 0 unspecified atom stereocenters. The van der Waals surface area contributed by atoms with E-state index in [1.165, 1.54) is 6.07 Å². The third-order valence-electron chi connectivity index (χ3n) is 2.52. The van der Waals surface area contributed by atoms with Crippen LogP contribution in [0.2, 0.25) is 5.02 Å². The summed E-state index contributed by atoms with van der Waals surface area (Å²) in [6.07, 6.45) is 0.170. The first-order chi connectivity index (χ1) is 9.54. The topological polar surface area (TPSA) is 85.1 Å². The van der Waals surface area contributed by atoms with Crippen LogP contribution in [-0.2, 0) is 11.2 Å². The van der Waals surface area contributed by atoms with E-state index in [1.54, 1.807) is 36.4 Å². The Kier molecular flexibility index (Phi) is 4.32. The number of hydrogen-bond donors (Lipinski definition) is 2. The maximum Gasteiger partial charge on any atom is 0.267 e. The Labute approximate surface area is 120 Å². The normalized spacial score (nSPS) is 10.1. The van der Waals surface area contributed by atoms with Gasteiger partial charge in [0.15, 0.2) is 0 Å². The van der Waals surface area contributed by atoms with Gasteiger partial charge in [-0.1, -0.05) is 29.8 Å². The molecule has 2 aromatic rings. The summed E-state index contributed by atoms with van der Waals surface area (Å²) in [5.74, 6) is -0.606. The highest BCUT2D eigenvalue weighted by atomic mass is 35.5. The van der Waals surface area contributed by atoms with Gasteiger partial charge >= 0.3 is 0 Å². The molecule has 0 saturated heterocycles. The monoisotopic (exact) mass is 289 g/mol. The number of nitrogens with one attached hydrogen (secondary N) is 1. The first kappa shape index (κ1) is 14.0. The number of pyridine rings is 1. The zero-order valence-electron chi connectivity index (χ0n) is 10.5. The van der Waals surface area contributed by atoms with E-state index < -0.39 is 5.91 Å². The summed E-state index contributed by atoms with van der Waals surface area (Å²) < 4.78 is 0. The molecule has 0 radical (unpaired) electrons. The van der Waals surface area contributed by atoms with Crippen molar-refractivity contribution < 1.29 is 9.59 Å². The van der Waals surface area contributed by atoms with Crippen molar-refractivity contribution >= 4 is 29.2 Å². The molecule has 0 saturated carbocycles. The zero-order valence-corrected chi connectivity index (χ0v) is 11.2. The van der Waals surface area contributed by atoms with E-state index in [-0.39, 0.29) is 23.8 Å². The molecule has 5 nitrogen and oxygen atoms in total. The van der Waals surface area contributed by atoms with Crippen molar-refractivity contribution in [2.24, 2.45) is 5.73 Å². The number of anilines is 1. The second-order valence-corrected chi connectivity index (χ2v) is 4.56. The highest BCUT2D eigenvalue weighted by molar-refractivity contribution is 6.30. The van der Waals surface area contributed by atoms with Crippen LogP contribution in [0.15, 0.2) is 42.5 Å². The van der Waals surface area contributed by atoms with Crippen molar-refractivity contribution in [3.05, 3.63) is 58.7 Å². The number of carbonyl (C=O) groups excluding carboxylic acids is 2. The number of nitrogens with zero attached hydrogens (tertiary/aromatic N) is 1. The molecule has 6 heteroatoms.